The normalized spacial score (nSPS) is 11.0. The van der Waals surface area contributed by atoms with Gasteiger partial charge in [-0.15, -0.1) is 0 Å². The first-order valence-electron chi connectivity index (χ1n) is 6.10. The zero-order chi connectivity index (χ0) is 16.1. The van der Waals surface area contributed by atoms with Crippen molar-refractivity contribution in [2.75, 3.05) is 13.2 Å². The number of nitriles is 2. The Morgan fingerprint density at radius 2 is 1.29 bits per heavy atom. The lowest BCUT2D eigenvalue weighted by Gasteiger charge is -2.03. The van der Waals surface area contributed by atoms with Crippen LogP contribution in [0.3, 0.4) is 0 Å². The molecule has 0 saturated carbocycles. The molecule has 21 heavy (non-hydrogen) atoms. The van der Waals surface area contributed by atoms with Crippen molar-refractivity contribution in [2.45, 2.75) is 26.7 Å². The molecule has 0 bridgehead atoms. The molecule has 0 atom stereocenters. The second-order valence-corrected chi connectivity index (χ2v) is 3.83. The van der Waals surface area contributed by atoms with E-state index in [1.807, 2.05) is 12.1 Å². The molecular formula is C14H16N2O5. The maximum Gasteiger partial charge on any atom is 0.336 e. The van der Waals surface area contributed by atoms with E-state index in [0.29, 0.717) is 0 Å². The lowest BCUT2D eigenvalue weighted by molar-refractivity contribution is -0.139. The van der Waals surface area contributed by atoms with Gasteiger partial charge in [0.1, 0.15) is 25.7 Å². The van der Waals surface area contributed by atoms with Crippen LogP contribution < -0.4 is 0 Å². The minimum Gasteiger partial charge on any atom is -0.472 e. The summed E-state index contributed by atoms with van der Waals surface area (Å²) in [5, 5.41) is 16.6. The van der Waals surface area contributed by atoms with Crippen LogP contribution in [0, 0.1) is 22.7 Å². The molecular weight excluding hydrogens is 276 g/mol. The smallest absolute Gasteiger partial charge is 0.336 e. The van der Waals surface area contributed by atoms with Crippen molar-refractivity contribution in [1.29, 1.82) is 10.5 Å². The molecule has 0 aromatic rings. The summed E-state index contributed by atoms with van der Waals surface area (Å²) in [4.78, 5) is 22.8. The Morgan fingerprint density at radius 3 is 1.62 bits per heavy atom. The highest BCUT2D eigenvalue weighted by atomic mass is 16.5. The van der Waals surface area contributed by atoms with Crippen molar-refractivity contribution in [2.24, 2.45) is 0 Å². The number of ether oxygens (including phenoxy) is 3. The van der Waals surface area contributed by atoms with Gasteiger partial charge >= 0.3 is 11.9 Å². The van der Waals surface area contributed by atoms with Crippen LogP contribution in [0.4, 0.5) is 0 Å². The largest absolute Gasteiger partial charge is 0.472 e. The molecule has 0 spiro atoms. The maximum absolute atomic E-state index is 11.4. The van der Waals surface area contributed by atoms with E-state index in [0.717, 1.165) is 12.5 Å². The predicted octanol–water partition coefficient (Wildman–Crippen LogP) is 1.72. The predicted molar refractivity (Wildman–Crippen MR) is 71.0 cm³/mol. The highest BCUT2D eigenvalue weighted by molar-refractivity contribution is 5.88. The zero-order valence-corrected chi connectivity index (χ0v) is 11.9. The number of rotatable bonds is 8. The molecule has 112 valence electrons. The second-order valence-electron chi connectivity index (χ2n) is 3.83. The van der Waals surface area contributed by atoms with Gasteiger partial charge in [0.15, 0.2) is 0 Å². The van der Waals surface area contributed by atoms with Crippen LogP contribution in [0.1, 0.15) is 26.7 Å². The zero-order valence-electron chi connectivity index (χ0n) is 11.9. The third-order valence-electron chi connectivity index (χ3n) is 2.03. The van der Waals surface area contributed by atoms with E-state index in [1.165, 1.54) is 13.8 Å². The Bertz CT molecular complexity index is 462. The van der Waals surface area contributed by atoms with Gasteiger partial charge in [0.2, 0.25) is 0 Å². The number of hydrogen-bond acceptors (Lipinski definition) is 7. The summed E-state index contributed by atoms with van der Waals surface area (Å²) in [5.41, 5.74) is 0.379. The molecule has 0 N–H and O–H groups in total. The average Bonchev–Trinajstić information content (AvgIpc) is 2.47. The molecule has 0 aliphatic heterocycles. The topological polar surface area (TPSA) is 109 Å². The Labute approximate surface area is 123 Å². The van der Waals surface area contributed by atoms with Gasteiger partial charge in [0, 0.05) is 0 Å². The van der Waals surface area contributed by atoms with Crippen LogP contribution in [-0.2, 0) is 23.8 Å². The standard InChI is InChI=1S/C14H16N2O5/c1-11(13(17)20-7-3-5-15)9-19-10-12(2)14(18)21-8-4-6-16/h9-10H,3-4,7-8H2,1-2H3. The van der Waals surface area contributed by atoms with Gasteiger partial charge in [-0.3, -0.25) is 0 Å². The number of nitrogens with zero attached hydrogens (tertiary/aromatic N) is 2. The molecule has 7 heteroatoms. The van der Waals surface area contributed by atoms with E-state index in [4.69, 9.17) is 24.7 Å². The average molecular weight is 292 g/mol. The number of hydrogen-bond donors (Lipinski definition) is 0. The highest BCUT2D eigenvalue weighted by Gasteiger charge is 2.07. The van der Waals surface area contributed by atoms with Crippen molar-refractivity contribution in [3.8, 4) is 12.1 Å². The number of carbonyl (C=O) groups excluding carboxylic acids is 2. The van der Waals surface area contributed by atoms with Crippen molar-refractivity contribution in [1.82, 2.24) is 0 Å². The fourth-order valence-electron chi connectivity index (χ4n) is 0.941. The molecule has 0 aromatic heterocycles. The van der Waals surface area contributed by atoms with Crippen LogP contribution in [0.5, 0.6) is 0 Å². The molecule has 0 aliphatic rings. The van der Waals surface area contributed by atoms with Gasteiger partial charge in [-0.25, -0.2) is 9.59 Å². The summed E-state index contributed by atoms with van der Waals surface area (Å²) >= 11 is 0. The molecule has 0 saturated heterocycles. The van der Waals surface area contributed by atoms with Crippen LogP contribution in [0.2, 0.25) is 0 Å². The summed E-state index contributed by atoms with van der Waals surface area (Å²) in [6.45, 7) is 2.98. The van der Waals surface area contributed by atoms with Crippen LogP contribution >= 0.6 is 0 Å². The minimum atomic E-state index is -0.604. The van der Waals surface area contributed by atoms with Crippen LogP contribution in [-0.4, -0.2) is 25.2 Å². The molecule has 0 amide bonds. The van der Waals surface area contributed by atoms with Gasteiger partial charge < -0.3 is 14.2 Å². The van der Waals surface area contributed by atoms with E-state index in [2.05, 4.69) is 0 Å². The Kier molecular flexibility index (Phi) is 9.59. The molecule has 7 nitrogen and oxygen atoms in total. The van der Waals surface area contributed by atoms with Gasteiger partial charge in [0.25, 0.3) is 0 Å². The maximum atomic E-state index is 11.4. The van der Waals surface area contributed by atoms with E-state index in [-0.39, 0.29) is 37.2 Å². The first-order chi connectivity index (χ1) is 10.0. The van der Waals surface area contributed by atoms with E-state index in [1.54, 1.807) is 0 Å². The fraction of sp³-hybridized carbons (Fsp3) is 0.429. The third-order valence-corrected chi connectivity index (χ3v) is 2.03. The Balaban J connectivity index is 4.24. The second kappa shape index (κ2) is 11.1. The quantitative estimate of drug-likeness (QED) is 0.290. The van der Waals surface area contributed by atoms with Crippen molar-refractivity contribution in [3.63, 3.8) is 0 Å². The lowest BCUT2D eigenvalue weighted by atomic mass is 10.3. The first kappa shape index (κ1) is 18.2. The van der Waals surface area contributed by atoms with Gasteiger partial charge in [-0.2, -0.15) is 10.5 Å². The summed E-state index contributed by atoms with van der Waals surface area (Å²) in [6, 6.07) is 3.69. The SMILES string of the molecule is CC(=COC=C(C)C(=O)OCCC#N)C(=O)OCCC#N. The van der Waals surface area contributed by atoms with Crippen LogP contribution in [0.25, 0.3) is 0 Å². The molecule has 0 aliphatic carbocycles. The van der Waals surface area contributed by atoms with Gasteiger partial charge in [-0.05, 0) is 13.8 Å². The van der Waals surface area contributed by atoms with Crippen molar-refractivity contribution in [3.05, 3.63) is 23.7 Å². The monoisotopic (exact) mass is 292 g/mol. The number of carbonyl (C=O) groups is 2. The van der Waals surface area contributed by atoms with Crippen molar-refractivity contribution < 1.29 is 23.8 Å². The summed E-state index contributed by atoms with van der Waals surface area (Å²) in [7, 11) is 0. The van der Waals surface area contributed by atoms with E-state index in [9.17, 15) is 9.59 Å². The van der Waals surface area contributed by atoms with Crippen molar-refractivity contribution >= 4 is 11.9 Å². The molecule has 0 radical (unpaired) electrons. The highest BCUT2D eigenvalue weighted by Crippen LogP contribution is 2.02. The molecule has 0 heterocycles. The summed E-state index contributed by atoms with van der Waals surface area (Å²) < 4.78 is 14.5. The fourth-order valence-corrected chi connectivity index (χ4v) is 0.941. The minimum absolute atomic E-state index is 0.0145. The molecule has 0 aromatic carbocycles. The summed E-state index contributed by atoms with van der Waals surface area (Å²) in [6.07, 6.45) is 2.49. The molecule has 0 fully saturated rings. The molecule has 0 unspecified atom stereocenters. The lowest BCUT2D eigenvalue weighted by Crippen LogP contribution is -2.08. The summed E-state index contributed by atoms with van der Waals surface area (Å²) in [5.74, 6) is -1.21. The van der Waals surface area contributed by atoms with Gasteiger partial charge in [-0.1, -0.05) is 0 Å². The first-order valence-corrected chi connectivity index (χ1v) is 6.10. The Hall–Kier alpha value is -2.80. The van der Waals surface area contributed by atoms with Crippen LogP contribution in [0.15, 0.2) is 23.7 Å². The van der Waals surface area contributed by atoms with E-state index >= 15 is 0 Å². The third kappa shape index (κ3) is 8.84. The Morgan fingerprint density at radius 1 is 0.905 bits per heavy atom. The van der Waals surface area contributed by atoms with E-state index < -0.39 is 11.9 Å². The molecule has 0 rings (SSSR count). The van der Waals surface area contributed by atoms with Gasteiger partial charge in [0.05, 0.1) is 36.1 Å². The number of esters is 2.